The summed E-state index contributed by atoms with van der Waals surface area (Å²) >= 11 is 4.71. The molecule has 736 valence electrons. The van der Waals surface area contributed by atoms with Crippen molar-refractivity contribution in [2.45, 2.75) is 288 Å². The van der Waals surface area contributed by atoms with Gasteiger partial charge in [0.25, 0.3) is 0 Å². The van der Waals surface area contributed by atoms with Gasteiger partial charge in [-0.1, -0.05) is 124 Å². The number of aliphatic hydroxyl groups excluding tert-OH is 1. The first kappa shape index (κ1) is 123. The number of amides is 8. The third-order valence-corrected chi connectivity index (χ3v) is 18.9. The highest BCUT2D eigenvalue weighted by molar-refractivity contribution is 6.66. The molecule has 10 unspecified atom stereocenters. The van der Waals surface area contributed by atoms with Gasteiger partial charge in [-0.25, -0.2) is 33.6 Å². The predicted octanol–water partition coefficient (Wildman–Crippen LogP) is 3.70. The fourth-order valence-corrected chi connectivity index (χ4v) is 11.0. The first-order valence-corrected chi connectivity index (χ1v) is 44.1. The lowest BCUT2D eigenvalue weighted by Gasteiger charge is -2.24. The van der Waals surface area contributed by atoms with Crippen LogP contribution in [0.15, 0.2) is 25.3 Å². The third-order valence-electron chi connectivity index (χ3n) is 18.7. The number of carbonyl (C=O) groups is 20. The fraction of sp³-hybridized carbons (Fsp3) is 0.727. The van der Waals surface area contributed by atoms with E-state index in [9.17, 15) is 101 Å². The molecule has 41 heteroatoms. The van der Waals surface area contributed by atoms with Gasteiger partial charge in [0.1, 0.15) is 78.6 Å². The molecule has 0 rings (SSSR count). The highest BCUT2D eigenvalue weighted by Gasteiger charge is 2.36. The number of unbranched alkanes of at least 4 members (excludes halogenated alkanes) is 4. The molecule has 40 nitrogen and oxygen atoms in total. The Morgan fingerprint density at radius 2 is 0.465 bits per heavy atom. The summed E-state index contributed by atoms with van der Waals surface area (Å²) in [5.74, 6) is -13.5. The zero-order valence-corrected chi connectivity index (χ0v) is 79.8. The molecular weight excluding hydrogens is 1710 g/mol. The molecule has 0 bridgehead atoms. The number of ketones is 2. The van der Waals surface area contributed by atoms with Crippen LogP contribution in [0.25, 0.3) is 0 Å². The summed E-state index contributed by atoms with van der Waals surface area (Å²) in [6, 6.07) is -9.87. The second kappa shape index (κ2) is 70.5. The Labute approximate surface area is 763 Å². The van der Waals surface area contributed by atoms with Crippen molar-refractivity contribution < 1.29 is 144 Å². The fourth-order valence-electron chi connectivity index (χ4n) is 11.0. The molecule has 0 saturated heterocycles. The number of Topliss-reactive ketones (excluding diaryl/α,β-unsaturated/α-hetero) is 2. The summed E-state index contributed by atoms with van der Waals surface area (Å²) in [7, 11) is 3.35. The van der Waals surface area contributed by atoms with Gasteiger partial charge in [-0.15, -0.1) is 0 Å². The molecule has 0 aliphatic rings. The zero-order valence-electron chi connectivity index (χ0n) is 79.0. The van der Waals surface area contributed by atoms with E-state index in [0.29, 0.717) is 51.4 Å². The topological polar surface area (TPSA) is 565 Å². The first-order valence-electron chi connectivity index (χ1n) is 43.7. The summed E-state index contributed by atoms with van der Waals surface area (Å²) in [6.45, 7) is 35.9. The summed E-state index contributed by atoms with van der Waals surface area (Å²) in [5.41, 5.74) is 0. The van der Waals surface area contributed by atoms with Crippen molar-refractivity contribution in [2.24, 2.45) is 47.3 Å². The van der Waals surface area contributed by atoms with E-state index < -0.39 is 199 Å². The van der Waals surface area contributed by atoms with Crippen molar-refractivity contribution in [2.75, 3.05) is 80.2 Å². The van der Waals surface area contributed by atoms with Crippen LogP contribution in [0, 0.1) is 47.3 Å². The maximum Gasteiger partial charge on any atom is 0.330 e. The number of likely N-dealkylation sites (N-methyl/N-ethyl adjacent to an activating group) is 2. The van der Waals surface area contributed by atoms with E-state index in [0.717, 1.165) is 12.2 Å². The van der Waals surface area contributed by atoms with E-state index in [1.807, 2.05) is 27.7 Å². The molecule has 0 saturated carbocycles. The van der Waals surface area contributed by atoms with Gasteiger partial charge in [0, 0.05) is 57.4 Å². The van der Waals surface area contributed by atoms with Crippen LogP contribution in [-0.4, -0.2) is 263 Å². The summed E-state index contributed by atoms with van der Waals surface area (Å²) in [5, 5.41) is 35.2. The van der Waals surface area contributed by atoms with E-state index in [1.165, 1.54) is 13.8 Å². The molecule has 0 radical (unpaired) electrons. The third kappa shape index (κ3) is 58.0. The van der Waals surface area contributed by atoms with Crippen LogP contribution in [0.3, 0.4) is 0 Å². The Balaban J connectivity index is -0.00000234. The number of ether oxygens (including phenoxy) is 9. The van der Waals surface area contributed by atoms with E-state index in [1.54, 1.807) is 97.2 Å². The minimum atomic E-state index is -1.47. The minimum Gasteiger partial charge on any atom is -0.465 e. The number of carbonyl (C=O) groups excluding carboxylic acids is 20. The molecule has 10 atom stereocenters. The van der Waals surface area contributed by atoms with Crippen LogP contribution in [0.5, 0.6) is 0 Å². The molecule has 129 heavy (non-hydrogen) atoms. The van der Waals surface area contributed by atoms with Gasteiger partial charge >= 0.3 is 53.7 Å². The van der Waals surface area contributed by atoms with Crippen molar-refractivity contribution >= 4 is 129 Å². The molecule has 0 spiro atoms. The monoisotopic (exact) mass is 1860 g/mol. The molecule has 0 heterocycles. The molecule has 0 aliphatic heterocycles. The number of esters is 9. The van der Waals surface area contributed by atoms with Crippen molar-refractivity contribution in [3.05, 3.63) is 25.3 Å². The SMILES string of the molecule is C=CC(=O)Cl.C=CC(=O)OCC(NC(=O)CCC(=O)NC(C(=O)OCCCCOC(=O)C(NC(=O)CCC(C)=O)C(C)C)C(C)C)C(=O)NC(C(=O)OCCCCOC(=O)C(NC)C(C)C)C(C)C.CNC(C(=O)OCCCCOC(=O)C(NC(=O)C(CO)NC(=O)CCC(=O)NC(C(=O)OCCCCOC(=O)C(NC(=O)CCC(C)=O)C(C)C)C(C)C)C(C)C)C(C)C. The van der Waals surface area contributed by atoms with Gasteiger partial charge < -0.3 is 110 Å². The highest BCUT2D eigenvalue weighted by atomic mass is 35.5. The van der Waals surface area contributed by atoms with Crippen molar-refractivity contribution in [3.8, 4) is 0 Å². The van der Waals surface area contributed by atoms with Crippen LogP contribution in [0.1, 0.15) is 227 Å². The van der Waals surface area contributed by atoms with Crippen molar-refractivity contribution in [3.63, 3.8) is 0 Å². The van der Waals surface area contributed by atoms with Gasteiger partial charge in [-0.2, -0.15) is 0 Å². The lowest BCUT2D eigenvalue weighted by Crippen LogP contribution is -2.55. The zero-order chi connectivity index (χ0) is 99.2. The highest BCUT2D eigenvalue weighted by Crippen LogP contribution is 2.15. The van der Waals surface area contributed by atoms with Gasteiger partial charge in [-0.05, 0) is 144 Å². The van der Waals surface area contributed by atoms with E-state index in [4.69, 9.17) is 54.2 Å². The Bertz CT molecular complexity index is 3570. The Hall–Kier alpha value is -10.3. The number of nitrogens with one attached hydrogen (secondary N) is 10. The quantitative estimate of drug-likeness (QED) is 0.0136. The second-order valence-electron chi connectivity index (χ2n) is 33.0. The normalized spacial score (nSPS) is 13.3. The average Bonchev–Trinajstić information content (AvgIpc) is 0.877. The minimum absolute atomic E-state index is 0.00141. The van der Waals surface area contributed by atoms with Crippen LogP contribution in [-0.2, 0) is 139 Å². The lowest BCUT2D eigenvalue weighted by molar-refractivity contribution is -0.151. The maximum absolute atomic E-state index is 13.4. The van der Waals surface area contributed by atoms with Gasteiger partial charge in [-0.3, -0.25) is 52.7 Å². The molecule has 0 aromatic carbocycles. The average molecular weight is 1860 g/mol. The first-order chi connectivity index (χ1) is 60.5. The number of aliphatic hydroxyl groups is 1. The molecule has 0 aromatic rings. The smallest absolute Gasteiger partial charge is 0.330 e. The van der Waals surface area contributed by atoms with Gasteiger partial charge in [0.15, 0.2) is 0 Å². The molecule has 0 fully saturated rings. The van der Waals surface area contributed by atoms with E-state index in [2.05, 4.69) is 66.3 Å². The van der Waals surface area contributed by atoms with Crippen LogP contribution >= 0.6 is 11.6 Å². The Morgan fingerprint density at radius 3 is 0.651 bits per heavy atom. The summed E-state index contributed by atoms with van der Waals surface area (Å²) < 4.78 is 47.5. The largest absolute Gasteiger partial charge is 0.465 e. The number of hydrogen-bond donors (Lipinski definition) is 11. The number of halogens is 1. The number of hydrogen-bond acceptors (Lipinski definition) is 32. The molecule has 0 aromatic heterocycles. The van der Waals surface area contributed by atoms with Crippen molar-refractivity contribution in [1.82, 2.24) is 53.2 Å². The second-order valence-corrected chi connectivity index (χ2v) is 33.3. The number of allylic oxidation sites excluding steroid dienone is 1. The molecule has 11 N–H and O–H groups in total. The van der Waals surface area contributed by atoms with Crippen LogP contribution in [0.4, 0.5) is 0 Å². The van der Waals surface area contributed by atoms with Gasteiger partial charge in [0.2, 0.25) is 52.5 Å². The summed E-state index contributed by atoms with van der Waals surface area (Å²) in [6.07, 6.45) is 3.43. The lowest BCUT2D eigenvalue weighted by atomic mass is 10.0. The maximum atomic E-state index is 13.4. The molecule has 8 amide bonds. The van der Waals surface area contributed by atoms with Crippen LogP contribution < -0.4 is 53.2 Å². The molecule has 0 aliphatic carbocycles. The summed E-state index contributed by atoms with van der Waals surface area (Å²) in [4.78, 5) is 246. The molecular formula is C88H147ClN10O30. The Kier molecular flexibility index (Phi) is 67.1. The van der Waals surface area contributed by atoms with E-state index in [-0.39, 0.29) is 144 Å². The van der Waals surface area contributed by atoms with E-state index >= 15 is 0 Å². The van der Waals surface area contributed by atoms with Crippen molar-refractivity contribution in [1.29, 1.82) is 0 Å². The Morgan fingerprint density at radius 1 is 0.279 bits per heavy atom. The predicted molar refractivity (Wildman–Crippen MR) is 472 cm³/mol. The van der Waals surface area contributed by atoms with Gasteiger partial charge in [0.05, 0.1) is 59.5 Å². The van der Waals surface area contributed by atoms with Crippen LogP contribution in [0.2, 0.25) is 0 Å². The number of rotatable bonds is 65. The standard InChI is InChI=1S/C44H73N5O15.C41H71N5O14.C3H3ClO/c1-12-35(54)64-25-31(40(55)49-39(29(8)9)44(59)63-24-14-13-21-60-41(56)36(45-11)26(2)3)46-32(51)19-20-34(53)48-38(28(6)7)43(58)62-23-16-15-22-61-42(57)37(27(4)5)47-33(52)18-17-30(10)50;1-24(2)33(42-10)38(53)57-19-11-12-22-60-41(56)36(27(7)8)46-37(52)29(23-47)43-30(49)17-18-32(51)45-35(26(5)6)40(55)59-21-14-13-20-58-39(54)34(25(3)4)44-31(50)16-15-28(9)48;1-2-3(4)5/h12,26-29,31,36-39,45H,1,13-25H2,2-11H3,(H,46,51)(H,47,52)(H,48,53)(H,49,55);24-27,29,33-36,42,47H,11-23H2,1-10H3,(H,43,49)(H,44,50)(H,45,51)(H,46,52);2H,1H2.